The topological polar surface area (TPSA) is 81.8 Å². The summed E-state index contributed by atoms with van der Waals surface area (Å²) in [5.74, 6) is 0. The van der Waals surface area contributed by atoms with Crippen LogP contribution in [0.15, 0.2) is 78.9 Å². The molecule has 0 saturated carbocycles. The smallest absolute Gasteiger partial charge is 0.310 e. The molecule has 0 aromatic heterocycles. The molecule has 0 radical (unpaired) electrons. The van der Waals surface area contributed by atoms with Gasteiger partial charge in [0.15, 0.2) is 0 Å². The largest absolute Gasteiger partial charge is 0.322 e. The number of hydrogen-bond acceptors (Lipinski definition) is 4. The Morgan fingerprint density at radius 1 is 0.943 bits per heavy atom. The zero-order valence-corrected chi connectivity index (χ0v) is 20.5. The van der Waals surface area contributed by atoms with E-state index in [4.69, 9.17) is 0 Å². The summed E-state index contributed by atoms with van der Waals surface area (Å²) in [6, 6.07) is 25.8. The van der Waals surface area contributed by atoms with Gasteiger partial charge >= 0.3 is 6.03 Å². The molecule has 2 aliphatic heterocycles. The van der Waals surface area contributed by atoms with Gasteiger partial charge in [0.25, 0.3) is 0 Å². The van der Waals surface area contributed by atoms with Crippen molar-refractivity contribution in [2.45, 2.75) is 31.5 Å². The quantitative estimate of drug-likeness (QED) is 0.527. The van der Waals surface area contributed by atoms with E-state index in [-0.39, 0.29) is 18.1 Å². The monoisotopic (exact) mass is 490 g/mol. The molecule has 35 heavy (non-hydrogen) atoms. The molecule has 3 aromatic carbocycles. The van der Waals surface area contributed by atoms with E-state index in [0.29, 0.717) is 5.69 Å². The second-order valence-electron chi connectivity index (χ2n) is 9.32. The molecule has 1 atom stereocenters. The summed E-state index contributed by atoms with van der Waals surface area (Å²) in [6.45, 7) is 2.46. The summed E-state index contributed by atoms with van der Waals surface area (Å²) in [7, 11) is -3.31. The number of piperidine rings is 1. The van der Waals surface area contributed by atoms with Gasteiger partial charge in [-0.15, -0.1) is 0 Å². The molecule has 0 aliphatic carbocycles. The standard InChI is InChI=1S/C27H30N4O3S/c1-35(33,34)29-22-11-7-8-20(18-22)19-30-16-14-23(15-17-30)31-26(21-9-3-2-4-10-21)24-12-5-6-13-25(24)28-27(31)32/h2-13,18,23,26,29H,14-17,19H2,1H3,(H,28,32). The van der Waals surface area contributed by atoms with Crippen molar-refractivity contribution in [2.75, 3.05) is 29.4 Å². The van der Waals surface area contributed by atoms with Crippen LogP contribution in [0, 0.1) is 0 Å². The lowest BCUT2D eigenvalue weighted by molar-refractivity contribution is 0.106. The minimum atomic E-state index is -3.31. The van der Waals surface area contributed by atoms with E-state index in [1.165, 1.54) is 0 Å². The normalized spacial score (nSPS) is 19.2. The highest BCUT2D eigenvalue weighted by Crippen LogP contribution is 2.40. The van der Waals surface area contributed by atoms with E-state index in [2.05, 4.69) is 33.1 Å². The number of hydrogen-bond donors (Lipinski definition) is 2. The van der Waals surface area contributed by atoms with Crippen molar-refractivity contribution in [3.8, 4) is 0 Å². The van der Waals surface area contributed by atoms with Gasteiger partial charge < -0.3 is 10.2 Å². The first-order valence-electron chi connectivity index (χ1n) is 11.9. The Labute approximate surface area is 206 Å². The van der Waals surface area contributed by atoms with Gasteiger partial charge in [-0.05, 0) is 42.2 Å². The molecule has 2 heterocycles. The molecule has 8 heteroatoms. The van der Waals surface area contributed by atoms with E-state index >= 15 is 0 Å². The molecular formula is C27H30N4O3S. The number of carbonyl (C=O) groups is 1. The van der Waals surface area contributed by atoms with E-state index < -0.39 is 10.0 Å². The van der Waals surface area contributed by atoms with Crippen LogP contribution in [0.2, 0.25) is 0 Å². The highest BCUT2D eigenvalue weighted by atomic mass is 32.2. The van der Waals surface area contributed by atoms with Crippen molar-refractivity contribution in [2.24, 2.45) is 0 Å². The lowest BCUT2D eigenvalue weighted by Crippen LogP contribution is -2.52. The molecular weight excluding hydrogens is 460 g/mol. The highest BCUT2D eigenvalue weighted by molar-refractivity contribution is 7.92. The number of urea groups is 1. The average molecular weight is 491 g/mol. The average Bonchev–Trinajstić information content (AvgIpc) is 2.83. The first kappa shape index (κ1) is 23.4. The highest BCUT2D eigenvalue weighted by Gasteiger charge is 2.39. The number of sulfonamides is 1. The number of amides is 2. The van der Waals surface area contributed by atoms with Crippen LogP contribution in [0.1, 0.15) is 35.6 Å². The Balaban J connectivity index is 1.31. The van der Waals surface area contributed by atoms with Gasteiger partial charge in [0, 0.05) is 42.6 Å². The number of carbonyl (C=O) groups excluding carboxylic acids is 1. The predicted molar refractivity (Wildman–Crippen MR) is 139 cm³/mol. The number of benzene rings is 3. The number of anilines is 2. The third-order valence-electron chi connectivity index (χ3n) is 6.71. The van der Waals surface area contributed by atoms with Crippen LogP contribution < -0.4 is 10.0 Å². The van der Waals surface area contributed by atoms with Gasteiger partial charge in [-0.2, -0.15) is 0 Å². The summed E-state index contributed by atoms with van der Waals surface area (Å²) < 4.78 is 25.7. The molecule has 1 unspecified atom stereocenters. The maximum Gasteiger partial charge on any atom is 0.322 e. The van der Waals surface area contributed by atoms with Crippen molar-refractivity contribution in [1.29, 1.82) is 0 Å². The molecule has 5 rings (SSSR count). The fraction of sp³-hybridized carbons (Fsp3) is 0.296. The fourth-order valence-corrected chi connectivity index (χ4v) is 5.76. The summed E-state index contributed by atoms with van der Waals surface area (Å²) in [6.07, 6.45) is 2.91. The van der Waals surface area contributed by atoms with Crippen LogP contribution in [0.25, 0.3) is 0 Å². The van der Waals surface area contributed by atoms with E-state index in [0.717, 1.165) is 61.1 Å². The third-order valence-corrected chi connectivity index (χ3v) is 7.32. The summed E-state index contributed by atoms with van der Waals surface area (Å²) in [5, 5.41) is 3.10. The molecule has 1 fully saturated rings. The van der Waals surface area contributed by atoms with Crippen LogP contribution >= 0.6 is 0 Å². The zero-order chi connectivity index (χ0) is 24.4. The molecule has 2 N–H and O–H groups in total. The molecule has 2 amide bonds. The number of para-hydroxylation sites is 1. The maximum absolute atomic E-state index is 13.3. The summed E-state index contributed by atoms with van der Waals surface area (Å²) in [5.41, 5.74) is 4.75. The Bertz CT molecular complexity index is 1300. The lowest BCUT2D eigenvalue weighted by atomic mass is 9.90. The number of nitrogens with zero attached hydrogens (tertiary/aromatic N) is 2. The second-order valence-corrected chi connectivity index (χ2v) is 11.1. The maximum atomic E-state index is 13.3. The first-order valence-corrected chi connectivity index (χ1v) is 13.8. The first-order chi connectivity index (χ1) is 16.9. The van der Waals surface area contributed by atoms with Gasteiger partial charge in [0.05, 0.1) is 12.3 Å². The number of nitrogens with one attached hydrogen (secondary N) is 2. The van der Waals surface area contributed by atoms with Crippen LogP contribution in [0.4, 0.5) is 16.2 Å². The Morgan fingerprint density at radius 2 is 1.66 bits per heavy atom. The minimum Gasteiger partial charge on any atom is -0.310 e. The van der Waals surface area contributed by atoms with Crippen molar-refractivity contribution < 1.29 is 13.2 Å². The van der Waals surface area contributed by atoms with Crippen molar-refractivity contribution in [3.05, 3.63) is 95.6 Å². The van der Waals surface area contributed by atoms with Crippen molar-refractivity contribution in [1.82, 2.24) is 9.80 Å². The van der Waals surface area contributed by atoms with Crippen LogP contribution in [-0.4, -0.2) is 49.6 Å². The Hall–Kier alpha value is -3.36. The van der Waals surface area contributed by atoms with Crippen LogP contribution in [0.3, 0.4) is 0 Å². The van der Waals surface area contributed by atoms with Crippen molar-refractivity contribution in [3.63, 3.8) is 0 Å². The predicted octanol–water partition coefficient (Wildman–Crippen LogP) is 4.66. The molecule has 1 saturated heterocycles. The molecule has 0 spiro atoms. The molecule has 0 bridgehead atoms. The zero-order valence-electron chi connectivity index (χ0n) is 19.7. The Kier molecular flexibility index (Phi) is 6.49. The number of likely N-dealkylation sites (tertiary alicyclic amines) is 1. The van der Waals surface area contributed by atoms with Crippen LogP contribution in [0.5, 0.6) is 0 Å². The SMILES string of the molecule is CS(=O)(=O)Nc1cccc(CN2CCC(N3C(=O)Nc4ccccc4C3c3ccccc3)CC2)c1. The Morgan fingerprint density at radius 3 is 2.40 bits per heavy atom. The van der Waals surface area contributed by atoms with Gasteiger partial charge in [-0.25, -0.2) is 13.2 Å². The number of fused-ring (bicyclic) bond motifs is 1. The van der Waals surface area contributed by atoms with E-state index in [1.807, 2.05) is 59.5 Å². The summed E-state index contributed by atoms with van der Waals surface area (Å²) >= 11 is 0. The van der Waals surface area contributed by atoms with Gasteiger partial charge in [0.2, 0.25) is 10.0 Å². The van der Waals surface area contributed by atoms with Gasteiger partial charge in [-0.1, -0.05) is 60.7 Å². The van der Waals surface area contributed by atoms with E-state index in [9.17, 15) is 13.2 Å². The second kappa shape index (κ2) is 9.71. The molecule has 2 aliphatic rings. The molecule has 3 aromatic rings. The van der Waals surface area contributed by atoms with Crippen molar-refractivity contribution >= 4 is 27.4 Å². The van der Waals surface area contributed by atoms with Gasteiger partial charge in [-0.3, -0.25) is 9.62 Å². The lowest BCUT2D eigenvalue weighted by Gasteiger charge is -2.45. The molecule has 182 valence electrons. The molecule has 7 nitrogen and oxygen atoms in total. The summed E-state index contributed by atoms with van der Waals surface area (Å²) in [4.78, 5) is 17.7. The minimum absolute atomic E-state index is 0.0458. The fourth-order valence-electron chi connectivity index (χ4n) is 5.21. The van der Waals surface area contributed by atoms with Gasteiger partial charge in [0.1, 0.15) is 0 Å². The third kappa shape index (κ3) is 5.33. The number of rotatable bonds is 6. The van der Waals surface area contributed by atoms with Crippen LogP contribution in [-0.2, 0) is 16.6 Å². The van der Waals surface area contributed by atoms with E-state index in [1.54, 1.807) is 6.07 Å².